The number of nitrogens with two attached hydrogens (primary N) is 1. The van der Waals surface area contributed by atoms with Gasteiger partial charge >= 0.3 is 12.2 Å². The van der Waals surface area contributed by atoms with Gasteiger partial charge in [0.1, 0.15) is 24.4 Å². The van der Waals surface area contributed by atoms with Gasteiger partial charge in [-0.05, 0) is 77.8 Å². The smallest absolute Gasteiger partial charge is 0.429 e. The lowest BCUT2D eigenvalue weighted by molar-refractivity contribution is -0.384. The van der Waals surface area contributed by atoms with E-state index in [1.165, 1.54) is 24.3 Å². The van der Waals surface area contributed by atoms with Crippen molar-refractivity contribution in [2.75, 3.05) is 36.5 Å². The Morgan fingerprint density at radius 2 is 1.43 bits per heavy atom. The van der Waals surface area contributed by atoms with Gasteiger partial charge < -0.3 is 51.4 Å². The lowest BCUT2D eigenvalue weighted by Crippen LogP contribution is -2.55. The van der Waals surface area contributed by atoms with Crippen molar-refractivity contribution in [1.82, 2.24) is 21.3 Å². The number of nitrogens with zero attached hydrogens (tertiary/aromatic N) is 2. The molecule has 1 heterocycles. The fourth-order valence-corrected chi connectivity index (χ4v) is 7.75. The third-order valence-electron chi connectivity index (χ3n) is 11.8. The average Bonchev–Trinajstić information content (AvgIpc) is 3.35. The molecular weight excluding hydrogens is 965 g/mol. The first kappa shape index (κ1) is 57.6. The number of non-ortho nitro benzene ring substituents is 1. The van der Waals surface area contributed by atoms with Crippen molar-refractivity contribution in [1.29, 1.82) is 0 Å². The predicted molar refractivity (Wildman–Crippen MR) is 280 cm³/mol. The van der Waals surface area contributed by atoms with Crippen LogP contribution < -0.4 is 42.0 Å². The Balaban J connectivity index is 1.07. The number of nitrogens with one attached hydrogen (secondary N) is 5. The molecule has 5 rings (SSSR count). The van der Waals surface area contributed by atoms with Gasteiger partial charge in [-0.3, -0.25) is 34.1 Å². The molecule has 4 aromatic carbocycles. The van der Waals surface area contributed by atoms with Crippen LogP contribution in [0.5, 0.6) is 5.75 Å². The number of urea groups is 1. The van der Waals surface area contributed by atoms with Crippen LogP contribution in [-0.2, 0) is 46.6 Å². The van der Waals surface area contributed by atoms with Crippen molar-refractivity contribution in [3.8, 4) is 17.6 Å². The maximum absolute atomic E-state index is 13.8. The van der Waals surface area contributed by atoms with Crippen LogP contribution in [0.2, 0.25) is 0 Å². The lowest BCUT2D eigenvalue weighted by atomic mass is 9.89. The van der Waals surface area contributed by atoms with Gasteiger partial charge in [0.15, 0.2) is 0 Å². The molecule has 0 spiro atoms. The molecule has 7 N–H and O–H groups in total. The Kier molecular flexibility index (Phi) is 20.8. The minimum atomic E-state index is -1.09. The van der Waals surface area contributed by atoms with Crippen molar-refractivity contribution in [3.63, 3.8) is 0 Å². The van der Waals surface area contributed by atoms with Crippen molar-refractivity contribution in [3.05, 3.63) is 129 Å². The zero-order chi connectivity index (χ0) is 54.7. The number of hydrogen-bond acceptors (Lipinski definition) is 12. The van der Waals surface area contributed by atoms with Gasteiger partial charge in [0.25, 0.3) is 5.69 Å². The van der Waals surface area contributed by atoms with E-state index < -0.39 is 57.7 Å². The molecule has 20 nitrogen and oxygen atoms in total. The molecule has 0 bridgehead atoms. The molecule has 2 atom stereocenters. The quantitative estimate of drug-likeness (QED) is 0.0102. The van der Waals surface area contributed by atoms with Crippen LogP contribution >= 0.6 is 0 Å². The van der Waals surface area contributed by atoms with Crippen LogP contribution in [0.3, 0.4) is 0 Å². The number of benzene rings is 4. The summed E-state index contributed by atoms with van der Waals surface area (Å²) in [5.41, 5.74) is 7.98. The van der Waals surface area contributed by atoms with E-state index in [1.807, 2.05) is 76.2 Å². The highest BCUT2D eigenvalue weighted by Gasteiger charge is 2.32. The van der Waals surface area contributed by atoms with E-state index in [4.69, 9.17) is 19.9 Å². The van der Waals surface area contributed by atoms with Crippen LogP contribution in [0.25, 0.3) is 0 Å². The van der Waals surface area contributed by atoms with Crippen LogP contribution in [0.1, 0.15) is 95.9 Å². The molecule has 20 heteroatoms. The fraction of sp³-hybridized carbons (Fsp3) is 0.400. The molecule has 0 saturated heterocycles. The molecule has 1 aliphatic rings. The Morgan fingerprint density at radius 3 is 2.11 bits per heavy atom. The van der Waals surface area contributed by atoms with Gasteiger partial charge in [0.2, 0.25) is 29.5 Å². The van der Waals surface area contributed by atoms with Gasteiger partial charge in [-0.25, -0.2) is 9.59 Å². The highest BCUT2D eigenvalue weighted by Crippen LogP contribution is 2.27. The summed E-state index contributed by atoms with van der Waals surface area (Å²) < 4.78 is 16.3. The lowest BCUT2D eigenvalue weighted by Gasteiger charge is -2.30. The van der Waals surface area contributed by atoms with Gasteiger partial charge in [-0.1, -0.05) is 95.8 Å². The highest BCUT2D eigenvalue weighted by atomic mass is 16.7. The van der Waals surface area contributed by atoms with Gasteiger partial charge in [0, 0.05) is 66.7 Å². The summed E-state index contributed by atoms with van der Waals surface area (Å²) >= 11 is 0. The Labute approximate surface area is 436 Å². The zero-order valence-electron chi connectivity index (χ0n) is 43.1. The number of amides is 7. The first-order valence-electron chi connectivity index (χ1n) is 24.5. The van der Waals surface area contributed by atoms with Crippen molar-refractivity contribution in [2.24, 2.45) is 22.5 Å². The predicted octanol–water partition coefficient (Wildman–Crippen LogP) is 6.63. The van der Waals surface area contributed by atoms with Crippen molar-refractivity contribution in [2.45, 2.75) is 98.9 Å². The third kappa shape index (κ3) is 18.9. The van der Waals surface area contributed by atoms with Crippen LogP contribution in [-0.4, -0.2) is 85.0 Å². The fourth-order valence-electron chi connectivity index (χ4n) is 7.75. The van der Waals surface area contributed by atoms with Crippen LogP contribution in [0.15, 0.2) is 97.1 Å². The standard InChI is InChI=1S/C55H66N8O12/c1-36(2)49(51(68)60-44(15-11-29-57-52(56)69)50(67)59-41-21-17-37(18-22-41)32-74-53(70)75-43-25-23-42(24-26-43)63(71)72)61-47(65)30-54(3,4)34-73-35-55(5,6)33-58-46(64)27-28-48(66)62-31-40-14-8-7-12-38(40)19-20-39-13-9-10-16-45(39)62/h7-10,12-14,16-18,21-26,36,44,49H,11,15,27-35H2,1-6H3,(H,58,64)(H,59,67)(H,60,68)(H,61,65)(H3,56,57,69)/t44-,49-/m0/s1. The maximum atomic E-state index is 13.8. The van der Waals surface area contributed by atoms with Gasteiger partial charge in [-0.15, -0.1) is 0 Å². The summed E-state index contributed by atoms with van der Waals surface area (Å²) in [6, 6.07) is 23.5. The summed E-state index contributed by atoms with van der Waals surface area (Å²) in [4.78, 5) is 103. The molecule has 7 amide bonds. The van der Waals surface area contributed by atoms with E-state index in [0.29, 0.717) is 23.5 Å². The summed E-state index contributed by atoms with van der Waals surface area (Å²) in [5.74, 6) is 4.02. The summed E-state index contributed by atoms with van der Waals surface area (Å²) in [6.45, 7) is 12.1. The first-order chi connectivity index (χ1) is 35.6. The number of anilines is 2. The largest absolute Gasteiger partial charge is 0.514 e. The normalized spacial score (nSPS) is 12.7. The van der Waals surface area contributed by atoms with E-state index in [2.05, 4.69) is 38.4 Å². The van der Waals surface area contributed by atoms with E-state index in [0.717, 1.165) is 16.7 Å². The topological polar surface area (TPSA) is 280 Å². The zero-order valence-corrected chi connectivity index (χ0v) is 43.1. The minimum Gasteiger partial charge on any atom is -0.429 e. The minimum absolute atomic E-state index is 0.000939. The van der Waals surface area contributed by atoms with Gasteiger partial charge in [0.05, 0.1) is 30.4 Å². The van der Waals surface area contributed by atoms with Crippen molar-refractivity contribution < 1.29 is 52.7 Å². The van der Waals surface area contributed by atoms with E-state index in [1.54, 1.807) is 43.0 Å². The number of nitro benzene ring substituents is 1. The van der Waals surface area contributed by atoms with Crippen molar-refractivity contribution >= 4 is 58.8 Å². The first-order valence-corrected chi connectivity index (χ1v) is 24.5. The third-order valence-corrected chi connectivity index (χ3v) is 11.8. The van der Waals surface area contributed by atoms with E-state index in [9.17, 15) is 43.7 Å². The van der Waals surface area contributed by atoms with E-state index >= 15 is 0 Å². The molecule has 0 radical (unpaired) electrons. The second kappa shape index (κ2) is 27.1. The SMILES string of the molecule is CC(C)[C@H](NC(=O)CC(C)(C)COCC(C)(C)CNC(=O)CCC(=O)N1Cc2ccccc2C#Cc2ccccc21)C(=O)N[C@@H](CCCNC(N)=O)C(=O)Nc1ccc(COC(=O)Oc2ccc([N+](=O)[O-])cc2)cc1. The second-order valence-corrected chi connectivity index (χ2v) is 20.0. The summed E-state index contributed by atoms with van der Waals surface area (Å²) in [7, 11) is 0. The monoisotopic (exact) mass is 1030 g/mol. The molecular formula is C55H66N8O12. The highest BCUT2D eigenvalue weighted by molar-refractivity contribution is 5.99. The Morgan fingerprint density at radius 1 is 0.773 bits per heavy atom. The number of rotatable bonds is 25. The number of primary amides is 1. The second-order valence-electron chi connectivity index (χ2n) is 20.0. The Bertz CT molecular complexity index is 2750. The average molecular weight is 1030 g/mol. The Hall–Kier alpha value is -8.31. The molecule has 75 heavy (non-hydrogen) atoms. The summed E-state index contributed by atoms with van der Waals surface area (Å²) in [6.07, 6.45) is -0.665. The number of carbonyl (C=O) groups is 7. The molecule has 1 aliphatic heterocycles. The maximum Gasteiger partial charge on any atom is 0.514 e. The van der Waals surface area contributed by atoms with Gasteiger partial charge in [-0.2, -0.15) is 0 Å². The molecule has 0 aromatic heterocycles. The molecule has 0 unspecified atom stereocenters. The number of para-hydroxylation sites is 1. The van der Waals surface area contributed by atoms with Crippen LogP contribution in [0, 0.1) is 38.7 Å². The molecule has 0 saturated carbocycles. The molecule has 4 aromatic rings. The number of fused-ring (bicyclic) bond motifs is 2. The number of carbonyl (C=O) groups excluding carboxylic acids is 7. The number of hydrogen-bond donors (Lipinski definition) is 6. The van der Waals surface area contributed by atoms with E-state index in [-0.39, 0.29) is 94.2 Å². The molecule has 0 fully saturated rings. The number of ether oxygens (including phenoxy) is 3. The van der Waals surface area contributed by atoms with Crippen LogP contribution in [0.4, 0.5) is 26.7 Å². The molecule has 398 valence electrons. The molecule has 0 aliphatic carbocycles. The number of nitro groups is 1. The summed E-state index contributed by atoms with van der Waals surface area (Å²) in [5, 5.41) is 24.6.